The monoisotopic (exact) mass is 468 g/mol. The molecule has 1 amide bonds. The van der Waals surface area contributed by atoms with Crippen molar-refractivity contribution in [2.75, 3.05) is 11.1 Å². The van der Waals surface area contributed by atoms with Crippen molar-refractivity contribution in [2.24, 2.45) is 0 Å². The number of hydrogen-bond acceptors (Lipinski definition) is 5. The van der Waals surface area contributed by atoms with Crippen molar-refractivity contribution in [3.8, 4) is 11.4 Å². The van der Waals surface area contributed by atoms with Crippen LogP contribution in [-0.2, 0) is 11.4 Å². The summed E-state index contributed by atoms with van der Waals surface area (Å²) in [7, 11) is 0. The molecule has 0 aliphatic heterocycles. The minimum absolute atomic E-state index is 0.0762. The first kappa shape index (κ1) is 21.9. The molecule has 1 aromatic heterocycles. The fourth-order valence-electron chi connectivity index (χ4n) is 2.92. The lowest BCUT2D eigenvalue weighted by molar-refractivity contribution is -0.113. The number of rotatable bonds is 8. The van der Waals surface area contributed by atoms with E-state index in [9.17, 15) is 9.18 Å². The zero-order valence-corrected chi connectivity index (χ0v) is 18.3. The first-order valence-corrected chi connectivity index (χ1v) is 11.0. The summed E-state index contributed by atoms with van der Waals surface area (Å²) >= 11 is 7.39. The van der Waals surface area contributed by atoms with Crippen molar-refractivity contribution < 1.29 is 13.9 Å². The minimum Gasteiger partial charge on any atom is -0.484 e. The number of anilines is 1. The molecule has 0 radical (unpaired) electrons. The molecule has 162 valence electrons. The van der Waals surface area contributed by atoms with Crippen LogP contribution in [0, 0.1) is 5.82 Å². The van der Waals surface area contributed by atoms with Crippen molar-refractivity contribution in [1.29, 1.82) is 0 Å². The van der Waals surface area contributed by atoms with Gasteiger partial charge < -0.3 is 10.1 Å². The summed E-state index contributed by atoms with van der Waals surface area (Å²) in [5.74, 6) is 0.483. The van der Waals surface area contributed by atoms with E-state index in [1.54, 1.807) is 18.2 Å². The molecule has 0 fully saturated rings. The van der Waals surface area contributed by atoms with E-state index >= 15 is 0 Å². The predicted octanol–water partition coefficient (Wildman–Crippen LogP) is 5.37. The molecule has 0 spiro atoms. The average molecular weight is 469 g/mol. The van der Waals surface area contributed by atoms with Gasteiger partial charge in [0.05, 0.1) is 10.8 Å². The fraction of sp³-hybridized carbons (Fsp3) is 0.0870. The SMILES string of the molecule is O=C(CSc1nnc(COc2ccccc2Cl)n1-c1ccccc1)Nc1cccc(F)c1. The van der Waals surface area contributed by atoms with Crippen molar-refractivity contribution in [2.45, 2.75) is 11.8 Å². The Kier molecular flexibility index (Phi) is 7.03. The summed E-state index contributed by atoms with van der Waals surface area (Å²) in [4.78, 5) is 12.3. The summed E-state index contributed by atoms with van der Waals surface area (Å²) in [5, 5.41) is 12.2. The lowest BCUT2D eigenvalue weighted by Gasteiger charge is -2.12. The molecule has 0 saturated carbocycles. The molecule has 0 aliphatic carbocycles. The van der Waals surface area contributed by atoms with Gasteiger partial charge in [0.2, 0.25) is 5.91 Å². The number of benzene rings is 3. The molecular weight excluding hydrogens is 451 g/mol. The molecule has 0 saturated heterocycles. The topological polar surface area (TPSA) is 69.0 Å². The molecule has 6 nitrogen and oxygen atoms in total. The number of para-hydroxylation sites is 2. The summed E-state index contributed by atoms with van der Waals surface area (Å²) in [6.45, 7) is 0.141. The lowest BCUT2D eigenvalue weighted by atomic mass is 10.3. The Morgan fingerprint density at radius 1 is 1.03 bits per heavy atom. The number of carbonyl (C=O) groups is 1. The Labute approximate surface area is 193 Å². The van der Waals surface area contributed by atoms with Gasteiger partial charge in [0.25, 0.3) is 0 Å². The van der Waals surface area contributed by atoms with E-state index in [-0.39, 0.29) is 18.3 Å². The van der Waals surface area contributed by atoms with Gasteiger partial charge >= 0.3 is 0 Å². The quantitative estimate of drug-likeness (QED) is 0.352. The first-order chi connectivity index (χ1) is 15.6. The van der Waals surface area contributed by atoms with Gasteiger partial charge in [-0.1, -0.05) is 59.8 Å². The summed E-state index contributed by atoms with van der Waals surface area (Å²) in [5.41, 5.74) is 1.23. The highest BCUT2D eigenvalue weighted by Crippen LogP contribution is 2.26. The zero-order valence-electron chi connectivity index (χ0n) is 16.7. The van der Waals surface area contributed by atoms with Gasteiger partial charge in [-0.25, -0.2) is 4.39 Å². The van der Waals surface area contributed by atoms with Gasteiger partial charge in [-0.05, 0) is 42.5 Å². The number of aromatic nitrogens is 3. The Morgan fingerprint density at radius 2 is 1.81 bits per heavy atom. The molecule has 4 rings (SSSR count). The molecule has 1 heterocycles. The van der Waals surface area contributed by atoms with Crippen LogP contribution in [-0.4, -0.2) is 26.4 Å². The van der Waals surface area contributed by atoms with Gasteiger partial charge in [-0.3, -0.25) is 9.36 Å². The van der Waals surface area contributed by atoms with Gasteiger partial charge in [0, 0.05) is 11.4 Å². The highest BCUT2D eigenvalue weighted by atomic mass is 35.5. The first-order valence-electron chi connectivity index (χ1n) is 9.65. The van der Waals surface area contributed by atoms with E-state index < -0.39 is 5.82 Å². The largest absolute Gasteiger partial charge is 0.484 e. The number of amides is 1. The Hall–Kier alpha value is -3.36. The number of hydrogen-bond donors (Lipinski definition) is 1. The average Bonchev–Trinajstić information content (AvgIpc) is 3.20. The second kappa shape index (κ2) is 10.3. The van der Waals surface area contributed by atoms with Crippen molar-refractivity contribution >= 4 is 35.0 Å². The second-order valence-corrected chi connectivity index (χ2v) is 7.99. The van der Waals surface area contributed by atoms with Crippen LogP contribution in [0.15, 0.2) is 84.0 Å². The van der Waals surface area contributed by atoms with E-state index in [2.05, 4.69) is 15.5 Å². The molecule has 1 N–H and O–H groups in total. The van der Waals surface area contributed by atoms with Gasteiger partial charge in [0.1, 0.15) is 18.2 Å². The van der Waals surface area contributed by atoms with E-state index in [1.165, 1.54) is 30.0 Å². The number of nitrogens with one attached hydrogen (secondary N) is 1. The number of carbonyl (C=O) groups excluding carboxylic acids is 1. The molecule has 4 aromatic rings. The maximum atomic E-state index is 13.3. The molecule has 9 heteroatoms. The van der Waals surface area contributed by atoms with E-state index in [1.807, 2.05) is 47.0 Å². The molecule has 0 unspecified atom stereocenters. The van der Waals surface area contributed by atoms with Crippen molar-refractivity contribution in [3.05, 3.63) is 95.5 Å². The van der Waals surface area contributed by atoms with Crippen LogP contribution >= 0.6 is 23.4 Å². The zero-order chi connectivity index (χ0) is 22.3. The second-order valence-electron chi connectivity index (χ2n) is 6.64. The summed E-state index contributed by atoms with van der Waals surface area (Å²) < 4.78 is 21.0. The van der Waals surface area contributed by atoms with Crippen LogP contribution in [0.3, 0.4) is 0 Å². The third kappa shape index (κ3) is 5.46. The predicted molar refractivity (Wildman–Crippen MR) is 123 cm³/mol. The molecule has 0 aliphatic rings. The maximum absolute atomic E-state index is 13.3. The number of thioether (sulfide) groups is 1. The Morgan fingerprint density at radius 3 is 2.59 bits per heavy atom. The number of nitrogens with zero attached hydrogens (tertiary/aromatic N) is 3. The van der Waals surface area contributed by atoms with Crippen LogP contribution in [0.4, 0.5) is 10.1 Å². The highest BCUT2D eigenvalue weighted by molar-refractivity contribution is 7.99. The van der Waals surface area contributed by atoms with Gasteiger partial charge in [-0.2, -0.15) is 0 Å². The van der Waals surface area contributed by atoms with Crippen LogP contribution in [0.25, 0.3) is 5.69 Å². The molecular formula is C23H18ClFN4O2S. The maximum Gasteiger partial charge on any atom is 0.234 e. The Bertz CT molecular complexity index is 1220. The van der Waals surface area contributed by atoms with Crippen molar-refractivity contribution in [1.82, 2.24) is 14.8 Å². The summed E-state index contributed by atoms with van der Waals surface area (Å²) in [6, 6.07) is 22.5. The normalized spacial score (nSPS) is 10.7. The number of ether oxygens (including phenoxy) is 1. The van der Waals surface area contributed by atoms with Gasteiger partial charge in [0.15, 0.2) is 11.0 Å². The smallest absolute Gasteiger partial charge is 0.234 e. The highest BCUT2D eigenvalue weighted by Gasteiger charge is 2.17. The lowest BCUT2D eigenvalue weighted by Crippen LogP contribution is -2.15. The van der Waals surface area contributed by atoms with Crippen molar-refractivity contribution in [3.63, 3.8) is 0 Å². The van der Waals surface area contributed by atoms with E-state index in [0.717, 1.165) is 5.69 Å². The Balaban J connectivity index is 1.50. The fourth-order valence-corrected chi connectivity index (χ4v) is 3.88. The van der Waals surface area contributed by atoms with E-state index in [0.29, 0.717) is 27.4 Å². The molecule has 0 atom stereocenters. The van der Waals surface area contributed by atoms with E-state index in [4.69, 9.17) is 16.3 Å². The molecule has 32 heavy (non-hydrogen) atoms. The third-order valence-electron chi connectivity index (χ3n) is 4.35. The van der Waals surface area contributed by atoms with Crippen LogP contribution in [0.1, 0.15) is 5.82 Å². The third-order valence-corrected chi connectivity index (χ3v) is 5.59. The van der Waals surface area contributed by atoms with Gasteiger partial charge in [-0.15, -0.1) is 10.2 Å². The minimum atomic E-state index is -0.414. The molecule has 3 aromatic carbocycles. The summed E-state index contributed by atoms with van der Waals surface area (Å²) in [6.07, 6.45) is 0. The molecule has 0 bridgehead atoms. The van der Waals surface area contributed by atoms with Crippen LogP contribution < -0.4 is 10.1 Å². The number of halogens is 2. The van der Waals surface area contributed by atoms with Crippen LogP contribution in [0.2, 0.25) is 5.02 Å². The van der Waals surface area contributed by atoms with Crippen LogP contribution in [0.5, 0.6) is 5.75 Å². The standard InChI is InChI=1S/C23H18ClFN4O2S/c24-19-11-4-5-12-20(19)31-14-21-27-28-23(29(21)18-9-2-1-3-10-18)32-15-22(30)26-17-8-6-7-16(25)13-17/h1-13H,14-15H2,(H,26,30).